The largest absolute Gasteiger partial charge is 0.330 e. The summed E-state index contributed by atoms with van der Waals surface area (Å²) in [6, 6.07) is 6.38. The van der Waals surface area contributed by atoms with Gasteiger partial charge in [0.05, 0.1) is 5.92 Å². The van der Waals surface area contributed by atoms with Gasteiger partial charge in [-0.05, 0) is 43.7 Å². The van der Waals surface area contributed by atoms with Crippen LogP contribution in [0.3, 0.4) is 0 Å². The number of fused-ring (bicyclic) bond motifs is 1. The summed E-state index contributed by atoms with van der Waals surface area (Å²) in [4.78, 5) is 14.7. The minimum absolute atomic E-state index is 0.0535. The van der Waals surface area contributed by atoms with Gasteiger partial charge in [-0.15, -0.1) is 0 Å². The van der Waals surface area contributed by atoms with E-state index in [2.05, 4.69) is 39.0 Å². The first-order valence-corrected chi connectivity index (χ1v) is 7.64. The standard InChI is InChI=1S/C17H26N2O/c1-12(2)9-15(11-18)17(20)19-8-4-5-14-10-13(3)6-7-16(14)19/h6-7,10,12,15H,4-5,8-9,11,18H2,1-3H3. The summed E-state index contributed by atoms with van der Waals surface area (Å²) in [7, 11) is 0. The van der Waals surface area contributed by atoms with Gasteiger partial charge < -0.3 is 10.6 Å². The highest BCUT2D eigenvalue weighted by atomic mass is 16.2. The molecule has 0 fully saturated rings. The van der Waals surface area contributed by atoms with Crippen LogP contribution < -0.4 is 10.6 Å². The van der Waals surface area contributed by atoms with E-state index in [0.29, 0.717) is 12.5 Å². The molecule has 0 aliphatic carbocycles. The maximum absolute atomic E-state index is 12.8. The lowest BCUT2D eigenvalue weighted by Gasteiger charge is -2.32. The molecule has 1 aromatic rings. The molecule has 2 rings (SSSR count). The number of nitrogens with two attached hydrogens (primary N) is 1. The zero-order valence-electron chi connectivity index (χ0n) is 12.9. The number of amides is 1. The number of hydrogen-bond donors (Lipinski definition) is 1. The second-order valence-corrected chi connectivity index (χ2v) is 6.29. The molecule has 1 atom stereocenters. The molecule has 3 nitrogen and oxygen atoms in total. The molecule has 20 heavy (non-hydrogen) atoms. The highest BCUT2D eigenvalue weighted by Crippen LogP contribution is 2.30. The average molecular weight is 274 g/mol. The van der Waals surface area contributed by atoms with E-state index in [-0.39, 0.29) is 11.8 Å². The van der Waals surface area contributed by atoms with Crippen molar-refractivity contribution in [1.29, 1.82) is 0 Å². The quantitative estimate of drug-likeness (QED) is 0.917. The highest BCUT2D eigenvalue weighted by molar-refractivity contribution is 5.96. The third kappa shape index (κ3) is 3.21. The molecular formula is C17H26N2O. The van der Waals surface area contributed by atoms with Crippen molar-refractivity contribution in [1.82, 2.24) is 0 Å². The second kappa shape index (κ2) is 6.40. The molecule has 0 saturated heterocycles. The molecule has 1 aromatic carbocycles. The van der Waals surface area contributed by atoms with Crippen molar-refractivity contribution in [3.63, 3.8) is 0 Å². The van der Waals surface area contributed by atoms with Crippen LogP contribution in [0.4, 0.5) is 5.69 Å². The van der Waals surface area contributed by atoms with Crippen molar-refractivity contribution in [3.8, 4) is 0 Å². The summed E-state index contributed by atoms with van der Waals surface area (Å²) in [5.74, 6) is 0.642. The molecule has 110 valence electrons. The molecule has 1 amide bonds. The molecular weight excluding hydrogens is 248 g/mol. The van der Waals surface area contributed by atoms with Crippen molar-refractivity contribution >= 4 is 11.6 Å². The van der Waals surface area contributed by atoms with Crippen LogP contribution in [-0.4, -0.2) is 19.0 Å². The fourth-order valence-corrected chi connectivity index (χ4v) is 3.04. The van der Waals surface area contributed by atoms with Crippen molar-refractivity contribution in [2.75, 3.05) is 18.0 Å². The first kappa shape index (κ1) is 15.0. The molecule has 0 saturated carbocycles. The SMILES string of the molecule is Cc1ccc2c(c1)CCCN2C(=O)C(CN)CC(C)C. The Morgan fingerprint density at radius 3 is 2.80 bits per heavy atom. The number of hydrogen-bond acceptors (Lipinski definition) is 2. The summed E-state index contributed by atoms with van der Waals surface area (Å²) in [6.07, 6.45) is 2.98. The second-order valence-electron chi connectivity index (χ2n) is 6.29. The summed E-state index contributed by atoms with van der Waals surface area (Å²) >= 11 is 0. The highest BCUT2D eigenvalue weighted by Gasteiger charge is 2.28. The number of benzene rings is 1. The fourth-order valence-electron chi connectivity index (χ4n) is 3.04. The Hall–Kier alpha value is -1.35. The van der Waals surface area contributed by atoms with Gasteiger partial charge in [-0.2, -0.15) is 0 Å². The van der Waals surface area contributed by atoms with Gasteiger partial charge in [-0.25, -0.2) is 0 Å². The van der Waals surface area contributed by atoms with Gasteiger partial charge in [0.15, 0.2) is 0 Å². The van der Waals surface area contributed by atoms with Gasteiger partial charge in [0, 0.05) is 18.8 Å². The topological polar surface area (TPSA) is 46.3 Å². The monoisotopic (exact) mass is 274 g/mol. The number of rotatable bonds is 4. The Kier molecular flexibility index (Phi) is 4.81. The average Bonchev–Trinajstić information content (AvgIpc) is 2.42. The van der Waals surface area contributed by atoms with E-state index >= 15 is 0 Å². The number of anilines is 1. The number of carbonyl (C=O) groups is 1. The number of carbonyl (C=O) groups excluding carboxylic acids is 1. The van der Waals surface area contributed by atoms with E-state index in [9.17, 15) is 4.79 Å². The molecule has 1 aliphatic heterocycles. The number of nitrogens with zero attached hydrogens (tertiary/aromatic N) is 1. The van der Waals surface area contributed by atoms with Gasteiger partial charge in [0.1, 0.15) is 0 Å². The van der Waals surface area contributed by atoms with Crippen LogP contribution in [0.1, 0.15) is 37.8 Å². The lowest BCUT2D eigenvalue weighted by molar-refractivity contribution is -0.122. The van der Waals surface area contributed by atoms with Crippen molar-refractivity contribution in [2.45, 2.75) is 40.0 Å². The van der Waals surface area contributed by atoms with Gasteiger partial charge in [-0.1, -0.05) is 31.5 Å². The zero-order chi connectivity index (χ0) is 14.7. The third-order valence-corrected chi connectivity index (χ3v) is 4.01. The number of aryl methyl sites for hydroxylation is 2. The Morgan fingerprint density at radius 1 is 1.40 bits per heavy atom. The minimum atomic E-state index is -0.0535. The zero-order valence-corrected chi connectivity index (χ0v) is 12.9. The van der Waals surface area contributed by atoms with E-state index in [1.807, 2.05) is 4.90 Å². The smallest absolute Gasteiger partial charge is 0.231 e. The molecule has 0 aromatic heterocycles. The molecule has 3 heteroatoms. The lowest BCUT2D eigenvalue weighted by atomic mass is 9.93. The van der Waals surface area contributed by atoms with Crippen LogP contribution >= 0.6 is 0 Å². The molecule has 1 heterocycles. The van der Waals surface area contributed by atoms with E-state index in [4.69, 9.17) is 5.73 Å². The Bertz CT molecular complexity index is 482. The molecule has 1 unspecified atom stereocenters. The van der Waals surface area contributed by atoms with Gasteiger partial charge in [0.25, 0.3) is 0 Å². The summed E-state index contributed by atoms with van der Waals surface area (Å²) in [6.45, 7) is 7.65. The van der Waals surface area contributed by atoms with Crippen LogP contribution in [0, 0.1) is 18.8 Å². The Morgan fingerprint density at radius 2 is 2.15 bits per heavy atom. The van der Waals surface area contributed by atoms with Crippen molar-refractivity contribution in [2.24, 2.45) is 17.6 Å². The maximum Gasteiger partial charge on any atom is 0.231 e. The van der Waals surface area contributed by atoms with Crippen LogP contribution in [0.25, 0.3) is 0 Å². The summed E-state index contributed by atoms with van der Waals surface area (Å²) in [5.41, 5.74) is 9.47. The first-order valence-electron chi connectivity index (χ1n) is 7.64. The maximum atomic E-state index is 12.8. The van der Waals surface area contributed by atoms with Gasteiger partial charge in [0.2, 0.25) is 5.91 Å². The van der Waals surface area contributed by atoms with E-state index < -0.39 is 0 Å². The van der Waals surface area contributed by atoms with Gasteiger partial charge >= 0.3 is 0 Å². The molecule has 2 N–H and O–H groups in total. The lowest BCUT2D eigenvalue weighted by Crippen LogP contribution is -2.42. The van der Waals surface area contributed by atoms with E-state index in [0.717, 1.165) is 31.5 Å². The van der Waals surface area contributed by atoms with Crippen molar-refractivity contribution in [3.05, 3.63) is 29.3 Å². The van der Waals surface area contributed by atoms with Crippen LogP contribution in [0.15, 0.2) is 18.2 Å². The predicted octanol–water partition coefficient (Wildman–Crippen LogP) is 2.90. The van der Waals surface area contributed by atoms with Crippen LogP contribution in [-0.2, 0) is 11.2 Å². The fraction of sp³-hybridized carbons (Fsp3) is 0.588. The summed E-state index contributed by atoms with van der Waals surface area (Å²) in [5, 5.41) is 0. The normalized spacial score (nSPS) is 16.1. The molecule has 0 radical (unpaired) electrons. The first-order chi connectivity index (χ1) is 9.52. The third-order valence-electron chi connectivity index (χ3n) is 4.01. The predicted molar refractivity (Wildman–Crippen MR) is 83.9 cm³/mol. The van der Waals surface area contributed by atoms with Crippen LogP contribution in [0.5, 0.6) is 0 Å². The molecule has 0 spiro atoms. The van der Waals surface area contributed by atoms with Gasteiger partial charge in [-0.3, -0.25) is 4.79 Å². The summed E-state index contributed by atoms with van der Waals surface area (Å²) < 4.78 is 0. The molecule has 0 bridgehead atoms. The minimum Gasteiger partial charge on any atom is -0.330 e. The molecule has 1 aliphatic rings. The van der Waals surface area contributed by atoms with E-state index in [1.165, 1.54) is 11.1 Å². The van der Waals surface area contributed by atoms with Crippen LogP contribution in [0.2, 0.25) is 0 Å². The Labute approximate surface area is 122 Å². The Balaban J connectivity index is 2.23. The van der Waals surface area contributed by atoms with E-state index in [1.54, 1.807) is 0 Å². The van der Waals surface area contributed by atoms with Crippen molar-refractivity contribution < 1.29 is 4.79 Å².